The summed E-state index contributed by atoms with van der Waals surface area (Å²) in [5.41, 5.74) is 0.801. The van der Waals surface area contributed by atoms with Gasteiger partial charge in [-0.1, -0.05) is 17.7 Å². The summed E-state index contributed by atoms with van der Waals surface area (Å²) < 4.78 is 10.9. The average Bonchev–Trinajstić information content (AvgIpc) is 2.86. The van der Waals surface area contributed by atoms with Crippen molar-refractivity contribution in [3.63, 3.8) is 0 Å². The lowest BCUT2D eigenvalue weighted by molar-refractivity contribution is -0.0169. The van der Waals surface area contributed by atoms with E-state index in [1.54, 1.807) is 19.2 Å². The van der Waals surface area contributed by atoms with Crippen LogP contribution < -0.4 is 0 Å². The van der Waals surface area contributed by atoms with E-state index in [2.05, 4.69) is 0 Å². The van der Waals surface area contributed by atoms with E-state index in [1.807, 2.05) is 17.0 Å². The summed E-state index contributed by atoms with van der Waals surface area (Å²) in [5, 5.41) is 0.597. The van der Waals surface area contributed by atoms with Crippen LogP contribution in [-0.4, -0.2) is 50.8 Å². The SMILES string of the molecule is COC[C@@H]1CN(C(=O)c2cccc(Cl)c2)CC12CCOCC2. The minimum absolute atomic E-state index is 0.0620. The Morgan fingerprint density at radius 3 is 2.91 bits per heavy atom. The van der Waals surface area contributed by atoms with E-state index in [4.69, 9.17) is 21.1 Å². The molecule has 2 aliphatic rings. The second-order valence-electron chi connectivity index (χ2n) is 6.32. The van der Waals surface area contributed by atoms with Crippen molar-refractivity contribution in [2.24, 2.45) is 11.3 Å². The van der Waals surface area contributed by atoms with Gasteiger partial charge >= 0.3 is 0 Å². The second-order valence-corrected chi connectivity index (χ2v) is 6.76. The van der Waals surface area contributed by atoms with Crippen molar-refractivity contribution in [2.75, 3.05) is 40.0 Å². The molecule has 1 aromatic carbocycles. The Bertz CT molecular complexity index is 542. The number of likely N-dealkylation sites (tertiary alicyclic amines) is 1. The third-order valence-electron chi connectivity index (χ3n) is 5.03. The summed E-state index contributed by atoms with van der Waals surface area (Å²) in [6.07, 6.45) is 2.00. The van der Waals surface area contributed by atoms with Crippen molar-refractivity contribution in [1.82, 2.24) is 4.90 Å². The van der Waals surface area contributed by atoms with Gasteiger partial charge in [0.1, 0.15) is 0 Å². The van der Waals surface area contributed by atoms with Crippen LogP contribution in [0, 0.1) is 11.3 Å². The molecule has 0 bridgehead atoms. The van der Waals surface area contributed by atoms with Crippen molar-refractivity contribution in [2.45, 2.75) is 12.8 Å². The first-order valence-corrected chi connectivity index (χ1v) is 8.14. The molecule has 0 radical (unpaired) electrons. The van der Waals surface area contributed by atoms with E-state index in [0.29, 0.717) is 23.1 Å². The van der Waals surface area contributed by atoms with Gasteiger partial charge in [-0.15, -0.1) is 0 Å². The molecule has 1 atom stereocenters. The molecule has 1 amide bonds. The molecule has 1 spiro atoms. The lowest BCUT2D eigenvalue weighted by atomic mass is 9.72. The third-order valence-corrected chi connectivity index (χ3v) is 5.26. The van der Waals surface area contributed by atoms with Crippen LogP contribution in [0.5, 0.6) is 0 Å². The Morgan fingerprint density at radius 1 is 1.45 bits per heavy atom. The fourth-order valence-electron chi connectivity index (χ4n) is 3.77. The van der Waals surface area contributed by atoms with Gasteiger partial charge in [-0.25, -0.2) is 0 Å². The number of halogens is 1. The quantitative estimate of drug-likeness (QED) is 0.858. The fourth-order valence-corrected chi connectivity index (χ4v) is 3.96. The highest BCUT2D eigenvalue weighted by Crippen LogP contribution is 2.44. The first-order chi connectivity index (χ1) is 10.6. The summed E-state index contributed by atoms with van der Waals surface area (Å²) in [6, 6.07) is 7.18. The standard InChI is InChI=1S/C17H22ClNO3/c1-21-11-14-10-19(12-17(14)5-7-22-8-6-17)16(20)13-3-2-4-15(18)9-13/h2-4,9,14H,5-8,10-12H2,1H3/t14-/m0/s1. The fraction of sp³-hybridized carbons (Fsp3) is 0.588. The third kappa shape index (κ3) is 3.00. The molecule has 1 aromatic rings. The van der Waals surface area contributed by atoms with Gasteiger partial charge in [0.2, 0.25) is 0 Å². The highest BCUT2D eigenvalue weighted by Gasteiger charge is 2.48. The van der Waals surface area contributed by atoms with Crippen molar-refractivity contribution in [3.05, 3.63) is 34.9 Å². The molecule has 2 aliphatic heterocycles. The zero-order valence-corrected chi connectivity index (χ0v) is 13.6. The summed E-state index contributed by atoms with van der Waals surface area (Å²) in [6.45, 7) is 3.78. The van der Waals surface area contributed by atoms with Gasteiger partial charge in [-0.3, -0.25) is 4.79 Å². The number of nitrogens with zero attached hydrogens (tertiary/aromatic N) is 1. The van der Waals surface area contributed by atoms with Crippen LogP contribution in [0.3, 0.4) is 0 Å². The smallest absolute Gasteiger partial charge is 0.253 e. The molecule has 2 heterocycles. The maximum atomic E-state index is 12.8. The number of hydrogen-bond donors (Lipinski definition) is 0. The van der Waals surface area contributed by atoms with Crippen molar-refractivity contribution >= 4 is 17.5 Å². The van der Waals surface area contributed by atoms with Gasteiger partial charge in [-0.2, -0.15) is 0 Å². The van der Waals surface area contributed by atoms with Gasteiger partial charge in [-0.05, 0) is 36.5 Å². The lowest BCUT2D eigenvalue weighted by Gasteiger charge is -2.37. The van der Waals surface area contributed by atoms with E-state index < -0.39 is 0 Å². The van der Waals surface area contributed by atoms with Crippen LogP contribution in [-0.2, 0) is 9.47 Å². The molecule has 120 valence electrons. The predicted molar refractivity (Wildman–Crippen MR) is 85.2 cm³/mol. The van der Waals surface area contributed by atoms with E-state index in [0.717, 1.165) is 39.1 Å². The number of carbonyl (C=O) groups excluding carboxylic acids is 1. The molecule has 22 heavy (non-hydrogen) atoms. The Balaban J connectivity index is 1.79. The molecule has 4 nitrogen and oxygen atoms in total. The minimum atomic E-state index is 0.0620. The number of benzene rings is 1. The Hall–Kier alpha value is -1.10. The number of carbonyl (C=O) groups is 1. The van der Waals surface area contributed by atoms with E-state index in [1.165, 1.54) is 0 Å². The normalized spacial score (nSPS) is 23.9. The van der Waals surface area contributed by atoms with Crippen LogP contribution in [0.25, 0.3) is 0 Å². The van der Waals surface area contributed by atoms with Crippen LogP contribution in [0.15, 0.2) is 24.3 Å². The zero-order chi connectivity index (χ0) is 15.6. The monoisotopic (exact) mass is 323 g/mol. The van der Waals surface area contributed by atoms with Gasteiger partial charge < -0.3 is 14.4 Å². The first-order valence-electron chi connectivity index (χ1n) is 7.76. The van der Waals surface area contributed by atoms with Crippen molar-refractivity contribution in [1.29, 1.82) is 0 Å². The Labute approximate surface area is 136 Å². The predicted octanol–water partition coefficient (Wildman–Crippen LogP) is 2.86. The van der Waals surface area contributed by atoms with Gasteiger partial charge in [0.25, 0.3) is 5.91 Å². The van der Waals surface area contributed by atoms with Gasteiger partial charge in [0.05, 0.1) is 6.61 Å². The summed E-state index contributed by atoms with van der Waals surface area (Å²) >= 11 is 6.01. The van der Waals surface area contributed by atoms with Crippen LogP contribution in [0.2, 0.25) is 5.02 Å². The summed E-state index contributed by atoms with van der Waals surface area (Å²) in [4.78, 5) is 14.7. The van der Waals surface area contributed by atoms with E-state index >= 15 is 0 Å². The number of rotatable bonds is 3. The lowest BCUT2D eigenvalue weighted by Crippen LogP contribution is -2.39. The molecule has 0 saturated carbocycles. The van der Waals surface area contributed by atoms with Crippen LogP contribution >= 0.6 is 11.6 Å². The molecule has 2 fully saturated rings. The van der Waals surface area contributed by atoms with E-state index in [-0.39, 0.29) is 11.3 Å². The van der Waals surface area contributed by atoms with Gasteiger partial charge in [0, 0.05) is 49.9 Å². The number of hydrogen-bond acceptors (Lipinski definition) is 3. The summed E-state index contributed by atoms with van der Waals surface area (Å²) in [5.74, 6) is 0.441. The molecule has 0 unspecified atom stereocenters. The highest BCUT2D eigenvalue weighted by molar-refractivity contribution is 6.30. The molecule has 3 rings (SSSR count). The second kappa shape index (κ2) is 6.57. The topological polar surface area (TPSA) is 38.8 Å². The maximum absolute atomic E-state index is 12.8. The number of ether oxygens (including phenoxy) is 2. The number of methoxy groups -OCH3 is 1. The van der Waals surface area contributed by atoms with E-state index in [9.17, 15) is 4.79 Å². The van der Waals surface area contributed by atoms with Gasteiger partial charge in [0.15, 0.2) is 0 Å². The average molecular weight is 324 g/mol. The Morgan fingerprint density at radius 2 is 2.23 bits per heavy atom. The molecule has 2 saturated heterocycles. The zero-order valence-electron chi connectivity index (χ0n) is 12.9. The maximum Gasteiger partial charge on any atom is 0.253 e. The molecular formula is C17H22ClNO3. The molecule has 5 heteroatoms. The summed E-state index contributed by atoms with van der Waals surface area (Å²) in [7, 11) is 1.73. The molecular weight excluding hydrogens is 302 g/mol. The van der Waals surface area contributed by atoms with Crippen LogP contribution in [0.1, 0.15) is 23.2 Å². The van der Waals surface area contributed by atoms with Crippen molar-refractivity contribution < 1.29 is 14.3 Å². The van der Waals surface area contributed by atoms with Crippen LogP contribution in [0.4, 0.5) is 0 Å². The molecule has 0 aliphatic carbocycles. The largest absolute Gasteiger partial charge is 0.384 e. The minimum Gasteiger partial charge on any atom is -0.384 e. The molecule has 0 aromatic heterocycles. The van der Waals surface area contributed by atoms with Crippen molar-refractivity contribution in [3.8, 4) is 0 Å². The highest BCUT2D eigenvalue weighted by atomic mass is 35.5. The Kier molecular flexibility index (Phi) is 4.71. The number of amides is 1. The first kappa shape index (κ1) is 15.8. The molecule has 0 N–H and O–H groups in total.